The van der Waals surface area contributed by atoms with E-state index < -0.39 is 0 Å². The van der Waals surface area contributed by atoms with Crippen molar-refractivity contribution >= 4 is 51.8 Å². The van der Waals surface area contributed by atoms with Crippen LogP contribution in [0, 0.1) is 5.92 Å². The third kappa shape index (κ3) is 6.47. The molecule has 1 aliphatic heterocycles. The lowest BCUT2D eigenvalue weighted by Crippen LogP contribution is -2.45. The van der Waals surface area contributed by atoms with E-state index in [0.717, 1.165) is 34.5 Å². The van der Waals surface area contributed by atoms with E-state index in [1.54, 1.807) is 7.05 Å². The highest BCUT2D eigenvalue weighted by Crippen LogP contribution is 2.24. The summed E-state index contributed by atoms with van der Waals surface area (Å²) in [7, 11) is 1.75. The minimum Gasteiger partial charge on any atom is -0.459 e. The van der Waals surface area contributed by atoms with Gasteiger partial charge in [0.2, 0.25) is 5.91 Å². The monoisotopic (exact) mass is 574 g/mol. The normalized spacial score (nSPS) is 16.7. The average molecular weight is 575 g/mol. The molecular formula is C21H28BrIN4O2. The van der Waals surface area contributed by atoms with Crippen LogP contribution in [0.5, 0.6) is 0 Å². The number of amides is 1. The molecule has 1 saturated heterocycles. The van der Waals surface area contributed by atoms with Crippen LogP contribution in [0.3, 0.4) is 0 Å². The van der Waals surface area contributed by atoms with Crippen LogP contribution >= 0.6 is 39.9 Å². The van der Waals surface area contributed by atoms with Gasteiger partial charge in [0, 0.05) is 42.1 Å². The topological polar surface area (TPSA) is 69.9 Å². The largest absolute Gasteiger partial charge is 0.459 e. The number of aliphatic imine (C=N–C) groups is 1. The molecule has 2 heterocycles. The fourth-order valence-corrected chi connectivity index (χ4v) is 3.51. The van der Waals surface area contributed by atoms with Gasteiger partial charge in [0.1, 0.15) is 11.5 Å². The molecule has 0 bridgehead atoms. The van der Waals surface area contributed by atoms with E-state index in [1.165, 1.54) is 0 Å². The number of guanidine groups is 1. The number of rotatable bonds is 5. The Morgan fingerprint density at radius 3 is 2.66 bits per heavy atom. The summed E-state index contributed by atoms with van der Waals surface area (Å²) >= 11 is 3.44. The second-order valence-electron chi connectivity index (χ2n) is 7.27. The molecule has 29 heavy (non-hydrogen) atoms. The maximum Gasteiger partial charge on any atom is 0.225 e. The van der Waals surface area contributed by atoms with Gasteiger partial charge in [-0.15, -0.1) is 24.0 Å². The number of carbonyl (C=O) groups excluding carboxylic acids is 1. The summed E-state index contributed by atoms with van der Waals surface area (Å²) in [5.41, 5.74) is 1.04. The Balaban J connectivity index is 0.00000300. The van der Waals surface area contributed by atoms with Crippen molar-refractivity contribution in [3.8, 4) is 11.3 Å². The Morgan fingerprint density at radius 2 is 2.00 bits per heavy atom. The van der Waals surface area contributed by atoms with Gasteiger partial charge in [-0.1, -0.05) is 41.9 Å². The summed E-state index contributed by atoms with van der Waals surface area (Å²) in [6, 6.07) is 12.2. The minimum atomic E-state index is 0. The first kappa shape index (κ1) is 23.7. The Hall–Kier alpha value is -1.55. The quantitative estimate of drug-likeness (QED) is 0.318. The van der Waals surface area contributed by atoms with Gasteiger partial charge < -0.3 is 20.0 Å². The molecule has 1 aliphatic rings. The van der Waals surface area contributed by atoms with Crippen LogP contribution < -0.4 is 10.6 Å². The summed E-state index contributed by atoms with van der Waals surface area (Å²) in [5, 5.41) is 6.69. The molecule has 2 aromatic rings. The fraction of sp³-hybridized carbons (Fsp3) is 0.429. The maximum absolute atomic E-state index is 12.1. The fourth-order valence-electron chi connectivity index (χ4n) is 3.24. The van der Waals surface area contributed by atoms with Crippen molar-refractivity contribution in [2.75, 3.05) is 20.1 Å². The highest BCUT2D eigenvalue weighted by Gasteiger charge is 2.27. The van der Waals surface area contributed by atoms with Crippen molar-refractivity contribution in [2.24, 2.45) is 10.9 Å². The molecule has 0 radical (unpaired) electrons. The number of carbonyl (C=O) groups is 1. The van der Waals surface area contributed by atoms with E-state index in [9.17, 15) is 4.79 Å². The number of hydrogen-bond acceptors (Lipinski definition) is 3. The highest BCUT2D eigenvalue weighted by atomic mass is 127. The molecule has 1 aromatic heterocycles. The lowest BCUT2D eigenvalue weighted by atomic mass is 10.2. The van der Waals surface area contributed by atoms with Crippen molar-refractivity contribution in [3.63, 3.8) is 0 Å². The van der Waals surface area contributed by atoms with Crippen LogP contribution in [0.4, 0.5) is 0 Å². The van der Waals surface area contributed by atoms with Crippen LogP contribution in [0.15, 0.2) is 50.3 Å². The Kier molecular flexibility index (Phi) is 9.01. The SMILES string of the molecule is CN=C(NCc1ccc(-c2ccc(Br)cc2)o1)NC1CCN(C(=O)C(C)C)C1.I. The molecule has 1 aromatic carbocycles. The molecule has 1 amide bonds. The Bertz CT molecular complexity index is 835. The summed E-state index contributed by atoms with van der Waals surface area (Å²) in [5.74, 6) is 2.64. The highest BCUT2D eigenvalue weighted by molar-refractivity contribution is 14.0. The third-order valence-corrected chi connectivity index (χ3v) is 5.31. The standard InChI is InChI=1S/C21H27BrN4O2.HI/c1-14(2)20(27)26-11-10-17(13-26)25-21(23-3)24-12-18-8-9-19(28-18)15-4-6-16(22)7-5-15;/h4-9,14,17H,10-13H2,1-3H3,(H2,23,24,25);1H. The summed E-state index contributed by atoms with van der Waals surface area (Å²) in [6.45, 7) is 5.93. The van der Waals surface area contributed by atoms with Crippen molar-refractivity contribution in [3.05, 3.63) is 46.6 Å². The molecule has 2 N–H and O–H groups in total. The molecule has 1 fully saturated rings. The minimum absolute atomic E-state index is 0. The summed E-state index contributed by atoms with van der Waals surface area (Å²) in [6.07, 6.45) is 0.924. The zero-order valence-corrected chi connectivity index (χ0v) is 20.9. The van der Waals surface area contributed by atoms with Gasteiger partial charge in [-0.25, -0.2) is 0 Å². The second kappa shape index (κ2) is 11.0. The van der Waals surface area contributed by atoms with Gasteiger partial charge in [0.25, 0.3) is 0 Å². The van der Waals surface area contributed by atoms with Gasteiger partial charge in [-0.2, -0.15) is 0 Å². The van der Waals surface area contributed by atoms with E-state index in [4.69, 9.17) is 4.42 Å². The first-order valence-electron chi connectivity index (χ1n) is 9.57. The molecule has 3 rings (SSSR count). The summed E-state index contributed by atoms with van der Waals surface area (Å²) < 4.78 is 6.98. The molecule has 0 saturated carbocycles. The summed E-state index contributed by atoms with van der Waals surface area (Å²) in [4.78, 5) is 18.3. The molecule has 1 atom stereocenters. The van der Waals surface area contributed by atoms with E-state index >= 15 is 0 Å². The maximum atomic E-state index is 12.1. The molecule has 0 spiro atoms. The predicted octanol–water partition coefficient (Wildman–Crippen LogP) is 4.25. The van der Waals surface area contributed by atoms with Crippen LogP contribution in [-0.4, -0.2) is 42.9 Å². The van der Waals surface area contributed by atoms with Gasteiger partial charge >= 0.3 is 0 Å². The number of hydrogen-bond donors (Lipinski definition) is 2. The molecule has 0 aliphatic carbocycles. The molecule has 6 nitrogen and oxygen atoms in total. The smallest absolute Gasteiger partial charge is 0.225 e. The van der Waals surface area contributed by atoms with Gasteiger partial charge in [0.05, 0.1) is 6.54 Å². The Morgan fingerprint density at radius 1 is 1.28 bits per heavy atom. The van der Waals surface area contributed by atoms with Gasteiger partial charge in [-0.05, 0) is 30.7 Å². The number of nitrogens with one attached hydrogen (secondary N) is 2. The first-order valence-corrected chi connectivity index (χ1v) is 10.4. The van der Waals surface area contributed by atoms with Crippen molar-refractivity contribution in [2.45, 2.75) is 32.9 Å². The van der Waals surface area contributed by atoms with Crippen molar-refractivity contribution in [1.29, 1.82) is 0 Å². The number of furan rings is 1. The van der Waals surface area contributed by atoms with Crippen molar-refractivity contribution < 1.29 is 9.21 Å². The zero-order valence-electron chi connectivity index (χ0n) is 16.9. The number of nitrogens with zero attached hydrogens (tertiary/aromatic N) is 2. The number of halogens is 2. The average Bonchev–Trinajstić information content (AvgIpc) is 3.34. The first-order chi connectivity index (χ1) is 13.5. The van der Waals surface area contributed by atoms with Gasteiger partial charge in [-0.3, -0.25) is 9.79 Å². The lowest BCUT2D eigenvalue weighted by molar-refractivity contribution is -0.133. The molecule has 158 valence electrons. The van der Waals surface area contributed by atoms with Crippen LogP contribution in [-0.2, 0) is 11.3 Å². The van der Waals surface area contributed by atoms with Crippen LogP contribution in [0.25, 0.3) is 11.3 Å². The van der Waals surface area contributed by atoms with E-state index in [-0.39, 0.29) is 41.8 Å². The number of benzene rings is 1. The van der Waals surface area contributed by atoms with Crippen LogP contribution in [0.2, 0.25) is 0 Å². The van der Waals surface area contributed by atoms with Crippen LogP contribution in [0.1, 0.15) is 26.0 Å². The predicted molar refractivity (Wildman–Crippen MR) is 130 cm³/mol. The van der Waals surface area contributed by atoms with E-state index in [2.05, 4.69) is 31.6 Å². The lowest BCUT2D eigenvalue weighted by Gasteiger charge is -2.20. The molecule has 8 heteroatoms. The number of likely N-dealkylation sites (tertiary alicyclic amines) is 1. The van der Waals surface area contributed by atoms with Crippen molar-refractivity contribution in [1.82, 2.24) is 15.5 Å². The zero-order chi connectivity index (χ0) is 20.1. The van der Waals surface area contributed by atoms with E-state index in [0.29, 0.717) is 19.0 Å². The third-order valence-electron chi connectivity index (χ3n) is 4.78. The molecular weight excluding hydrogens is 547 g/mol. The molecule has 1 unspecified atom stereocenters. The second-order valence-corrected chi connectivity index (χ2v) is 8.18. The van der Waals surface area contributed by atoms with E-state index in [1.807, 2.05) is 55.1 Å². The Labute approximate surface area is 197 Å². The van der Waals surface area contributed by atoms with Gasteiger partial charge in [0.15, 0.2) is 5.96 Å².